The number of amides is 1. The Balaban J connectivity index is 1.92. The van der Waals surface area contributed by atoms with Gasteiger partial charge in [0.2, 0.25) is 12.4 Å². The first-order valence-corrected chi connectivity index (χ1v) is 7.14. The minimum atomic E-state index is -0.171. The lowest BCUT2D eigenvalue weighted by atomic mass is 10.1. The first-order chi connectivity index (χ1) is 11.2. The molecule has 1 aromatic heterocycles. The van der Waals surface area contributed by atoms with Gasteiger partial charge in [-0.05, 0) is 29.7 Å². The number of nitrogens with zero attached hydrogens (tertiary/aromatic N) is 1. The number of rotatable bonds is 4. The van der Waals surface area contributed by atoms with E-state index in [4.69, 9.17) is 9.47 Å². The zero-order chi connectivity index (χ0) is 16.2. The van der Waals surface area contributed by atoms with Crippen molar-refractivity contribution in [1.82, 2.24) is 0 Å². The van der Waals surface area contributed by atoms with Crippen LogP contribution in [0.15, 0.2) is 60.9 Å². The van der Waals surface area contributed by atoms with Gasteiger partial charge in [0.15, 0.2) is 11.5 Å². The molecule has 0 spiro atoms. The number of hydrogen-bond donors (Lipinski definition) is 1. The topological polar surface area (TPSA) is 51.4 Å². The molecule has 5 heteroatoms. The summed E-state index contributed by atoms with van der Waals surface area (Å²) in [6.07, 6.45) is 3.62. The zero-order valence-corrected chi connectivity index (χ0v) is 12.9. The summed E-state index contributed by atoms with van der Waals surface area (Å²) in [4.78, 5) is 12.2. The number of methoxy groups -OCH3 is 2. The number of hydrogen-bond acceptors (Lipinski definition) is 3. The predicted molar refractivity (Wildman–Crippen MR) is 87.4 cm³/mol. The molecular weight excluding hydrogens is 292 g/mol. The highest BCUT2D eigenvalue weighted by Gasteiger charge is 2.13. The Hall–Kier alpha value is -3.08. The second kappa shape index (κ2) is 6.36. The molecule has 0 atom stereocenters. The van der Waals surface area contributed by atoms with Crippen LogP contribution in [0.3, 0.4) is 0 Å². The van der Waals surface area contributed by atoms with Crippen LogP contribution in [0.5, 0.6) is 11.5 Å². The molecule has 3 rings (SSSR count). The second-order valence-electron chi connectivity index (χ2n) is 5.00. The summed E-state index contributed by atoms with van der Waals surface area (Å²) in [5.74, 6) is 1.15. The normalized spacial score (nSPS) is 10.3. The number of carbonyl (C=O) groups is 1. The molecule has 0 unspecified atom stereocenters. The van der Waals surface area contributed by atoms with Gasteiger partial charge in [0, 0.05) is 11.6 Å². The Kier molecular flexibility index (Phi) is 4.10. The lowest BCUT2D eigenvalue weighted by molar-refractivity contribution is -0.639. The summed E-state index contributed by atoms with van der Waals surface area (Å²) in [7, 11) is 3.20. The number of benzene rings is 2. The average molecular weight is 309 g/mol. The quantitative estimate of drug-likeness (QED) is 0.754. The fourth-order valence-corrected chi connectivity index (χ4v) is 2.36. The minimum absolute atomic E-state index is 0.171. The molecule has 0 aliphatic heterocycles. The molecule has 0 aliphatic rings. The standard InChI is InChI=1S/C18H16N2O3/c1-22-16-10-14-8-9-20(12-15(14)11-17(16)23-2)19-18(21)13-6-4-3-5-7-13/h3-12H,1-2H3/p+1. The summed E-state index contributed by atoms with van der Waals surface area (Å²) in [6, 6.07) is 14.8. The van der Waals surface area contributed by atoms with E-state index in [1.165, 1.54) is 0 Å². The van der Waals surface area contributed by atoms with Gasteiger partial charge in [-0.1, -0.05) is 22.9 Å². The molecule has 5 nitrogen and oxygen atoms in total. The number of pyridine rings is 1. The molecule has 0 radical (unpaired) electrons. The fourth-order valence-electron chi connectivity index (χ4n) is 2.36. The van der Waals surface area contributed by atoms with Gasteiger partial charge in [0.05, 0.1) is 19.6 Å². The van der Waals surface area contributed by atoms with E-state index in [0.29, 0.717) is 17.1 Å². The molecule has 0 saturated carbocycles. The van der Waals surface area contributed by atoms with Crippen molar-refractivity contribution < 1.29 is 18.9 Å². The number of aromatic nitrogens is 1. The van der Waals surface area contributed by atoms with Crippen molar-refractivity contribution in [3.8, 4) is 11.5 Å². The van der Waals surface area contributed by atoms with Crippen LogP contribution in [0.1, 0.15) is 10.4 Å². The third-order valence-corrected chi connectivity index (χ3v) is 3.55. The van der Waals surface area contributed by atoms with Crippen molar-refractivity contribution >= 4 is 16.7 Å². The lowest BCUT2D eigenvalue weighted by Gasteiger charge is -2.08. The van der Waals surface area contributed by atoms with Crippen LogP contribution in [-0.2, 0) is 0 Å². The maximum atomic E-state index is 12.2. The van der Waals surface area contributed by atoms with Gasteiger partial charge in [0.25, 0.3) is 0 Å². The molecular formula is C18H17N2O3+. The van der Waals surface area contributed by atoms with Crippen molar-refractivity contribution in [3.63, 3.8) is 0 Å². The van der Waals surface area contributed by atoms with E-state index in [-0.39, 0.29) is 5.91 Å². The van der Waals surface area contributed by atoms with E-state index in [1.54, 1.807) is 37.2 Å². The Bertz CT molecular complexity index is 848. The fraction of sp³-hybridized carbons (Fsp3) is 0.111. The van der Waals surface area contributed by atoms with E-state index in [2.05, 4.69) is 5.43 Å². The summed E-state index contributed by atoms with van der Waals surface area (Å²) < 4.78 is 12.2. The van der Waals surface area contributed by atoms with E-state index in [0.717, 1.165) is 10.8 Å². The van der Waals surface area contributed by atoms with Gasteiger partial charge in [-0.2, -0.15) is 0 Å². The number of nitrogens with one attached hydrogen (secondary N) is 1. The summed E-state index contributed by atoms with van der Waals surface area (Å²) in [6.45, 7) is 0. The van der Waals surface area contributed by atoms with Crippen molar-refractivity contribution in [2.75, 3.05) is 19.6 Å². The Morgan fingerprint density at radius 1 is 0.957 bits per heavy atom. The van der Waals surface area contributed by atoms with E-state index in [1.807, 2.05) is 42.6 Å². The number of fused-ring (bicyclic) bond motifs is 1. The summed E-state index contributed by atoms with van der Waals surface area (Å²) >= 11 is 0. The Morgan fingerprint density at radius 3 is 2.26 bits per heavy atom. The van der Waals surface area contributed by atoms with E-state index in [9.17, 15) is 4.79 Å². The smallest absolute Gasteiger partial charge is 0.305 e. The highest BCUT2D eigenvalue weighted by molar-refractivity contribution is 5.98. The zero-order valence-electron chi connectivity index (χ0n) is 12.9. The molecule has 3 aromatic rings. The molecule has 0 aliphatic carbocycles. The highest BCUT2D eigenvalue weighted by atomic mass is 16.5. The van der Waals surface area contributed by atoms with Crippen LogP contribution in [0, 0.1) is 0 Å². The third-order valence-electron chi connectivity index (χ3n) is 3.55. The maximum absolute atomic E-state index is 12.2. The molecule has 116 valence electrons. The number of ether oxygens (including phenoxy) is 2. The summed E-state index contributed by atoms with van der Waals surface area (Å²) in [5.41, 5.74) is 3.43. The first kappa shape index (κ1) is 14.8. The lowest BCUT2D eigenvalue weighted by Crippen LogP contribution is -2.47. The molecule has 0 bridgehead atoms. The first-order valence-electron chi connectivity index (χ1n) is 7.14. The van der Waals surface area contributed by atoms with Gasteiger partial charge in [0.1, 0.15) is 0 Å². The highest BCUT2D eigenvalue weighted by Crippen LogP contribution is 2.31. The molecule has 1 N–H and O–H groups in total. The van der Waals surface area contributed by atoms with Gasteiger partial charge in [-0.15, -0.1) is 5.43 Å². The van der Waals surface area contributed by atoms with Crippen LogP contribution >= 0.6 is 0 Å². The maximum Gasteiger partial charge on any atom is 0.305 e. The largest absolute Gasteiger partial charge is 0.493 e. The van der Waals surface area contributed by atoms with Crippen LogP contribution in [0.25, 0.3) is 10.8 Å². The molecule has 2 aromatic carbocycles. The molecule has 1 amide bonds. The Morgan fingerprint density at radius 2 is 1.61 bits per heavy atom. The second-order valence-corrected chi connectivity index (χ2v) is 5.00. The third kappa shape index (κ3) is 3.08. The van der Waals surface area contributed by atoms with Gasteiger partial charge >= 0.3 is 5.91 Å². The van der Waals surface area contributed by atoms with Crippen molar-refractivity contribution in [3.05, 3.63) is 66.5 Å². The SMILES string of the molecule is COc1cc2cc[n+](NC(=O)c3ccccc3)cc2cc1OC. The molecule has 23 heavy (non-hydrogen) atoms. The molecule has 0 saturated heterocycles. The van der Waals surface area contributed by atoms with E-state index >= 15 is 0 Å². The van der Waals surface area contributed by atoms with Crippen molar-refractivity contribution in [2.45, 2.75) is 0 Å². The van der Waals surface area contributed by atoms with Crippen LogP contribution in [0.4, 0.5) is 0 Å². The predicted octanol–water partition coefficient (Wildman–Crippen LogP) is 2.53. The molecule has 0 fully saturated rings. The van der Waals surface area contributed by atoms with Crippen molar-refractivity contribution in [2.24, 2.45) is 0 Å². The van der Waals surface area contributed by atoms with Gasteiger partial charge in [-0.25, -0.2) is 0 Å². The van der Waals surface area contributed by atoms with Crippen LogP contribution in [0.2, 0.25) is 0 Å². The summed E-state index contributed by atoms with van der Waals surface area (Å²) in [5, 5.41) is 1.92. The van der Waals surface area contributed by atoms with Crippen LogP contribution < -0.4 is 19.6 Å². The number of carbonyl (C=O) groups excluding carboxylic acids is 1. The van der Waals surface area contributed by atoms with Crippen LogP contribution in [-0.4, -0.2) is 20.1 Å². The van der Waals surface area contributed by atoms with Crippen molar-refractivity contribution in [1.29, 1.82) is 0 Å². The van der Waals surface area contributed by atoms with Gasteiger partial charge in [-0.3, -0.25) is 4.79 Å². The van der Waals surface area contributed by atoms with Gasteiger partial charge < -0.3 is 9.47 Å². The monoisotopic (exact) mass is 309 g/mol. The molecule has 1 heterocycles. The average Bonchev–Trinajstić information content (AvgIpc) is 2.61. The Labute approximate surface area is 134 Å². The minimum Gasteiger partial charge on any atom is -0.493 e. The van der Waals surface area contributed by atoms with E-state index < -0.39 is 0 Å².